The maximum atomic E-state index is 12.8. The molecule has 5 nitrogen and oxygen atoms in total. The quantitative estimate of drug-likeness (QED) is 0.645. The van der Waals surface area contributed by atoms with Crippen molar-refractivity contribution in [2.75, 3.05) is 18.6 Å². The molecule has 1 aliphatic heterocycles. The SMILES string of the molecule is CCCn1c([C@@H]2CC(=O)N(c3cc(OC)ccc3Cl)C2)nc2ccccc21. The van der Waals surface area contributed by atoms with Crippen LogP contribution in [0.25, 0.3) is 11.0 Å². The number of carbonyl (C=O) groups excluding carboxylic acids is 1. The fraction of sp³-hybridized carbons (Fsp3) is 0.333. The van der Waals surface area contributed by atoms with Crippen LogP contribution >= 0.6 is 11.6 Å². The first-order chi connectivity index (χ1) is 13.1. The van der Waals surface area contributed by atoms with Gasteiger partial charge in [0, 0.05) is 31.5 Å². The number of carbonyl (C=O) groups is 1. The smallest absolute Gasteiger partial charge is 0.227 e. The van der Waals surface area contributed by atoms with Crippen LogP contribution in [0.2, 0.25) is 5.02 Å². The molecule has 1 saturated heterocycles. The highest BCUT2D eigenvalue weighted by atomic mass is 35.5. The molecule has 27 heavy (non-hydrogen) atoms. The summed E-state index contributed by atoms with van der Waals surface area (Å²) in [6, 6.07) is 13.5. The van der Waals surface area contributed by atoms with Crippen molar-refractivity contribution in [3.63, 3.8) is 0 Å². The highest BCUT2D eigenvalue weighted by molar-refractivity contribution is 6.34. The van der Waals surface area contributed by atoms with Crippen molar-refractivity contribution in [2.45, 2.75) is 32.2 Å². The van der Waals surface area contributed by atoms with Gasteiger partial charge in [-0.05, 0) is 30.7 Å². The molecule has 1 aromatic heterocycles. The molecule has 140 valence electrons. The van der Waals surface area contributed by atoms with Gasteiger partial charge in [-0.3, -0.25) is 4.79 Å². The molecule has 0 aliphatic carbocycles. The highest BCUT2D eigenvalue weighted by Gasteiger charge is 2.35. The zero-order chi connectivity index (χ0) is 19.0. The summed E-state index contributed by atoms with van der Waals surface area (Å²) in [6.45, 7) is 3.61. The number of ether oxygens (including phenoxy) is 1. The second-order valence-corrected chi connectivity index (χ2v) is 7.24. The standard InChI is InChI=1S/C21H22ClN3O2/c1-3-10-24-18-7-5-4-6-17(18)23-21(24)14-11-20(26)25(13-14)19-12-15(27-2)8-9-16(19)22/h4-9,12,14H,3,10-11,13H2,1-2H3/t14-/m1/s1. The second-order valence-electron chi connectivity index (χ2n) is 6.83. The normalized spacial score (nSPS) is 17.1. The zero-order valence-corrected chi connectivity index (χ0v) is 16.2. The van der Waals surface area contributed by atoms with Crippen molar-refractivity contribution < 1.29 is 9.53 Å². The third-order valence-electron chi connectivity index (χ3n) is 5.07. The van der Waals surface area contributed by atoms with E-state index in [0.717, 1.165) is 29.8 Å². The lowest BCUT2D eigenvalue weighted by Crippen LogP contribution is -2.25. The number of hydrogen-bond donors (Lipinski definition) is 0. The van der Waals surface area contributed by atoms with Crippen LogP contribution in [0.4, 0.5) is 5.69 Å². The molecule has 1 atom stereocenters. The lowest BCUT2D eigenvalue weighted by Gasteiger charge is -2.19. The number of nitrogens with zero attached hydrogens (tertiary/aromatic N) is 3. The average Bonchev–Trinajstić information content (AvgIpc) is 3.23. The number of rotatable bonds is 5. The van der Waals surface area contributed by atoms with Gasteiger partial charge in [0.25, 0.3) is 0 Å². The monoisotopic (exact) mass is 383 g/mol. The predicted molar refractivity (Wildman–Crippen MR) is 108 cm³/mol. The summed E-state index contributed by atoms with van der Waals surface area (Å²) in [4.78, 5) is 19.4. The second kappa shape index (κ2) is 7.24. The van der Waals surface area contributed by atoms with Gasteiger partial charge in [-0.2, -0.15) is 0 Å². The summed E-state index contributed by atoms with van der Waals surface area (Å²) < 4.78 is 7.55. The van der Waals surface area contributed by atoms with Gasteiger partial charge in [0.2, 0.25) is 5.91 Å². The van der Waals surface area contributed by atoms with Gasteiger partial charge >= 0.3 is 0 Å². The van der Waals surface area contributed by atoms with Crippen LogP contribution < -0.4 is 9.64 Å². The minimum atomic E-state index is 0.0405. The third kappa shape index (κ3) is 3.16. The van der Waals surface area contributed by atoms with Crippen LogP contribution in [0.5, 0.6) is 5.75 Å². The lowest BCUT2D eigenvalue weighted by molar-refractivity contribution is -0.117. The van der Waals surface area contributed by atoms with E-state index in [1.54, 1.807) is 24.1 Å². The zero-order valence-electron chi connectivity index (χ0n) is 15.5. The Morgan fingerprint density at radius 1 is 1.26 bits per heavy atom. The predicted octanol–water partition coefficient (Wildman–Crippen LogP) is 4.63. The van der Waals surface area contributed by atoms with E-state index < -0.39 is 0 Å². The molecule has 1 fully saturated rings. The Hall–Kier alpha value is -2.53. The summed E-state index contributed by atoms with van der Waals surface area (Å²) >= 11 is 6.37. The van der Waals surface area contributed by atoms with E-state index in [2.05, 4.69) is 17.6 Å². The molecule has 0 spiro atoms. The van der Waals surface area contributed by atoms with Gasteiger partial charge in [-0.25, -0.2) is 4.98 Å². The number of aryl methyl sites for hydroxylation is 1. The van der Waals surface area contributed by atoms with Crippen molar-refractivity contribution in [3.8, 4) is 5.75 Å². The number of amides is 1. The Bertz CT molecular complexity index is 998. The molecule has 0 unspecified atom stereocenters. The minimum absolute atomic E-state index is 0.0405. The first-order valence-corrected chi connectivity index (χ1v) is 9.59. The van der Waals surface area contributed by atoms with Crippen molar-refractivity contribution in [1.82, 2.24) is 9.55 Å². The van der Waals surface area contributed by atoms with Crippen molar-refractivity contribution >= 4 is 34.2 Å². The van der Waals surface area contributed by atoms with Crippen molar-refractivity contribution in [3.05, 3.63) is 53.3 Å². The summed E-state index contributed by atoms with van der Waals surface area (Å²) in [5.74, 6) is 1.76. The summed E-state index contributed by atoms with van der Waals surface area (Å²) in [6.07, 6.45) is 1.44. The van der Waals surface area contributed by atoms with Gasteiger partial charge in [0.15, 0.2) is 0 Å². The molecule has 0 N–H and O–H groups in total. The first kappa shape index (κ1) is 17.9. The van der Waals surface area contributed by atoms with E-state index in [1.807, 2.05) is 24.3 Å². The first-order valence-electron chi connectivity index (χ1n) is 9.21. The van der Waals surface area contributed by atoms with E-state index in [0.29, 0.717) is 29.4 Å². The van der Waals surface area contributed by atoms with Gasteiger partial charge in [-0.15, -0.1) is 0 Å². The lowest BCUT2D eigenvalue weighted by atomic mass is 10.1. The topological polar surface area (TPSA) is 47.4 Å². The van der Waals surface area contributed by atoms with E-state index in [1.165, 1.54) is 0 Å². The van der Waals surface area contributed by atoms with E-state index in [9.17, 15) is 4.79 Å². The Morgan fingerprint density at radius 2 is 2.07 bits per heavy atom. The van der Waals surface area contributed by atoms with E-state index in [4.69, 9.17) is 21.3 Å². The van der Waals surface area contributed by atoms with Crippen LogP contribution in [-0.4, -0.2) is 29.1 Å². The Labute approximate surface area is 163 Å². The molecule has 2 aromatic carbocycles. The minimum Gasteiger partial charge on any atom is -0.497 e. The Kier molecular flexibility index (Phi) is 4.79. The molecule has 0 bridgehead atoms. The number of halogens is 1. The van der Waals surface area contributed by atoms with Crippen LogP contribution in [0.3, 0.4) is 0 Å². The number of para-hydroxylation sites is 2. The molecule has 4 rings (SSSR count). The van der Waals surface area contributed by atoms with Gasteiger partial charge in [0.1, 0.15) is 11.6 Å². The fourth-order valence-corrected chi connectivity index (χ4v) is 4.02. The molecule has 3 aromatic rings. The number of benzene rings is 2. The Balaban J connectivity index is 1.71. The number of anilines is 1. The fourth-order valence-electron chi connectivity index (χ4n) is 3.80. The van der Waals surface area contributed by atoms with Gasteiger partial charge < -0.3 is 14.2 Å². The third-order valence-corrected chi connectivity index (χ3v) is 5.39. The molecule has 1 aliphatic rings. The largest absolute Gasteiger partial charge is 0.497 e. The Morgan fingerprint density at radius 3 is 2.85 bits per heavy atom. The highest BCUT2D eigenvalue weighted by Crippen LogP contribution is 2.37. The van der Waals surface area contributed by atoms with Crippen LogP contribution in [0.1, 0.15) is 31.5 Å². The average molecular weight is 384 g/mol. The molecule has 2 heterocycles. The molecule has 1 amide bonds. The molecule has 0 saturated carbocycles. The molecule has 0 radical (unpaired) electrons. The summed E-state index contributed by atoms with van der Waals surface area (Å²) in [7, 11) is 1.61. The summed E-state index contributed by atoms with van der Waals surface area (Å²) in [5.41, 5.74) is 2.80. The summed E-state index contributed by atoms with van der Waals surface area (Å²) in [5, 5.41) is 0.548. The van der Waals surface area contributed by atoms with Gasteiger partial charge in [0.05, 0.1) is 28.9 Å². The van der Waals surface area contributed by atoms with E-state index in [-0.39, 0.29) is 11.8 Å². The van der Waals surface area contributed by atoms with Crippen LogP contribution in [0, 0.1) is 0 Å². The molecular formula is C21H22ClN3O2. The number of fused-ring (bicyclic) bond motifs is 1. The van der Waals surface area contributed by atoms with Crippen molar-refractivity contribution in [1.29, 1.82) is 0 Å². The van der Waals surface area contributed by atoms with Crippen molar-refractivity contribution in [2.24, 2.45) is 0 Å². The van der Waals surface area contributed by atoms with Crippen LogP contribution in [-0.2, 0) is 11.3 Å². The maximum Gasteiger partial charge on any atom is 0.227 e. The number of aromatic nitrogens is 2. The number of hydrogen-bond acceptors (Lipinski definition) is 3. The molecular weight excluding hydrogens is 362 g/mol. The molecule has 6 heteroatoms. The maximum absolute atomic E-state index is 12.8. The van der Waals surface area contributed by atoms with Crippen LogP contribution in [0.15, 0.2) is 42.5 Å². The van der Waals surface area contributed by atoms with E-state index >= 15 is 0 Å². The number of imidazole rings is 1. The number of methoxy groups -OCH3 is 1. The van der Waals surface area contributed by atoms with Gasteiger partial charge in [-0.1, -0.05) is 30.7 Å².